The number of hydrogen-bond acceptors (Lipinski definition) is 4. The van der Waals surface area contributed by atoms with Crippen LogP contribution in [-0.4, -0.2) is 24.8 Å². The molecule has 0 N–H and O–H groups in total. The highest BCUT2D eigenvalue weighted by Gasteiger charge is 2.29. The van der Waals surface area contributed by atoms with Crippen LogP contribution < -0.4 is 0 Å². The van der Waals surface area contributed by atoms with Gasteiger partial charge in [0.25, 0.3) is 0 Å². The minimum atomic E-state index is -0.261. The van der Waals surface area contributed by atoms with Gasteiger partial charge in [0.2, 0.25) is 0 Å². The van der Waals surface area contributed by atoms with Gasteiger partial charge in [0.15, 0.2) is 4.67 Å². The van der Waals surface area contributed by atoms with Crippen LogP contribution in [0.2, 0.25) is 0 Å². The molecule has 5 heteroatoms. The lowest BCUT2D eigenvalue weighted by Crippen LogP contribution is -2.22. The Morgan fingerprint density at radius 1 is 1.58 bits per heavy atom. The van der Waals surface area contributed by atoms with Crippen LogP contribution in [-0.2, 0) is 14.3 Å². The van der Waals surface area contributed by atoms with Crippen molar-refractivity contribution in [3.63, 3.8) is 0 Å². The van der Waals surface area contributed by atoms with Crippen molar-refractivity contribution in [1.82, 2.24) is 0 Å². The molecule has 2 rings (SSSR count). The molecule has 1 aliphatic carbocycles. The summed E-state index contributed by atoms with van der Waals surface area (Å²) in [4.78, 5) is 10.8. The van der Waals surface area contributed by atoms with E-state index in [-0.39, 0.29) is 18.2 Å². The number of hydrogen-bond donors (Lipinski definition) is 0. The van der Waals surface area contributed by atoms with Crippen molar-refractivity contribution in [3.05, 3.63) is 22.6 Å². The van der Waals surface area contributed by atoms with Crippen LogP contribution in [0.5, 0.6) is 0 Å². The Balaban J connectivity index is 1.76. The number of rotatable bonds is 5. The topological polar surface area (TPSA) is 48.7 Å². The first-order valence-electron chi connectivity index (χ1n) is 6.58. The predicted molar refractivity (Wildman–Crippen MR) is 74.0 cm³/mol. The van der Waals surface area contributed by atoms with Crippen molar-refractivity contribution in [3.8, 4) is 0 Å². The zero-order valence-corrected chi connectivity index (χ0v) is 12.8. The Bertz CT molecular complexity index is 429. The first-order valence-corrected chi connectivity index (χ1v) is 7.37. The summed E-state index contributed by atoms with van der Waals surface area (Å²) in [5.74, 6) is 0.227. The van der Waals surface area contributed by atoms with Gasteiger partial charge in [-0.25, -0.2) is 0 Å². The summed E-state index contributed by atoms with van der Waals surface area (Å²) >= 11 is 3.42. The molecule has 0 spiro atoms. The maximum Gasteiger partial charge on any atom is 0.302 e. The zero-order chi connectivity index (χ0) is 13.8. The predicted octanol–water partition coefficient (Wildman–Crippen LogP) is 3.65. The van der Waals surface area contributed by atoms with E-state index in [1.54, 1.807) is 6.26 Å². The number of halogens is 1. The lowest BCUT2D eigenvalue weighted by atomic mass is 10.0. The number of esters is 1. The highest BCUT2D eigenvalue weighted by molar-refractivity contribution is 9.10. The van der Waals surface area contributed by atoms with Gasteiger partial charge in [-0.05, 0) is 54.1 Å². The quantitative estimate of drug-likeness (QED) is 0.773. The fraction of sp³-hybridized carbons (Fsp3) is 0.643. The van der Waals surface area contributed by atoms with E-state index in [2.05, 4.69) is 15.9 Å². The van der Waals surface area contributed by atoms with Crippen molar-refractivity contribution in [2.24, 2.45) is 0 Å². The summed E-state index contributed by atoms with van der Waals surface area (Å²) in [5.41, 5.74) is 1.22. The summed E-state index contributed by atoms with van der Waals surface area (Å²) in [6, 6.07) is 2.01. The van der Waals surface area contributed by atoms with E-state index in [1.165, 1.54) is 12.5 Å². The molecular formula is C14H19BrO4. The van der Waals surface area contributed by atoms with Gasteiger partial charge < -0.3 is 13.9 Å². The average Bonchev–Trinajstić information content (AvgIpc) is 2.93. The van der Waals surface area contributed by atoms with Crippen molar-refractivity contribution in [2.75, 3.05) is 6.61 Å². The van der Waals surface area contributed by atoms with E-state index in [9.17, 15) is 4.79 Å². The molecule has 0 aliphatic heterocycles. The summed E-state index contributed by atoms with van der Waals surface area (Å²) in [6.45, 7) is 3.72. The van der Waals surface area contributed by atoms with Crippen LogP contribution in [0.3, 0.4) is 0 Å². The summed E-state index contributed by atoms with van der Waals surface area (Å²) < 4.78 is 17.0. The number of ether oxygens (including phenoxy) is 2. The van der Waals surface area contributed by atoms with Gasteiger partial charge in [-0.3, -0.25) is 4.79 Å². The summed E-state index contributed by atoms with van der Waals surface area (Å²) in [6.07, 6.45) is 4.89. The second-order valence-corrected chi connectivity index (χ2v) is 5.76. The molecule has 1 aromatic heterocycles. The molecule has 19 heavy (non-hydrogen) atoms. The monoisotopic (exact) mass is 330 g/mol. The summed E-state index contributed by atoms with van der Waals surface area (Å²) in [5, 5.41) is 0. The molecule has 4 nitrogen and oxygen atoms in total. The molecule has 1 aliphatic rings. The Hall–Kier alpha value is -0.810. The normalized spacial score (nSPS) is 24.4. The van der Waals surface area contributed by atoms with E-state index in [0.717, 1.165) is 23.9 Å². The van der Waals surface area contributed by atoms with Crippen LogP contribution in [0.1, 0.15) is 44.6 Å². The first kappa shape index (κ1) is 14.6. The molecule has 3 atom stereocenters. The first-order chi connectivity index (χ1) is 9.06. The number of carbonyl (C=O) groups is 1. The van der Waals surface area contributed by atoms with Crippen molar-refractivity contribution in [1.29, 1.82) is 0 Å². The molecular weight excluding hydrogens is 312 g/mol. The highest BCUT2D eigenvalue weighted by Crippen LogP contribution is 2.39. The number of carbonyl (C=O) groups excluding carboxylic acids is 1. The second-order valence-electron chi connectivity index (χ2n) is 5.04. The third kappa shape index (κ3) is 4.08. The van der Waals surface area contributed by atoms with Crippen molar-refractivity contribution in [2.45, 2.75) is 51.2 Å². The molecule has 1 saturated carbocycles. The minimum Gasteiger partial charge on any atom is -0.460 e. The molecule has 0 radical (unpaired) electrons. The van der Waals surface area contributed by atoms with Gasteiger partial charge in [0.1, 0.15) is 6.10 Å². The van der Waals surface area contributed by atoms with Crippen LogP contribution in [0.15, 0.2) is 21.4 Å². The lowest BCUT2D eigenvalue weighted by molar-refractivity contribution is -0.149. The minimum absolute atomic E-state index is 0.183. The van der Waals surface area contributed by atoms with Gasteiger partial charge in [-0.2, -0.15) is 0 Å². The van der Waals surface area contributed by atoms with E-state index < -0.39 is 0 Å². The Morgan fingerprint density at radius 3 is 3.00 bits per heavy atom. The number of furan rings is 1. The van der Waals surface area contributed by atoms with Crippen LogP contribution >= 0.6 is 15.9 Å². The molecule has 0 aromatic carbocycles. The van der Waals surface area contributed by atoms with Gasteiger partial charge in [0.05, 0.1) is 19.0 Å². The fourth-order valence-electron chi connectivity index (χ4n) is 2.56. The Kier molecular flexibility index (Phi) is 5.05. The van der Waals surface area contributed by atoms with Crippen LogP contribution in [0, 0.1) is 0 Å². The Labute approximate surface area is 121 Å². The molecule has 0 bridgehead atoms. The van der Waals surface area contributed by atoms with Crippen LogP contribution in [0.4, 0.5) is 0 Å². The highest BCUT2D eigenvalue weighted by atomic mass is 79.9. The third-order valence-electron chi connectivity index (χ3n) is 3.40. The van der Waals surface area contributed by atoms with Crippen molar-refractivity contribution < 1.29 is 18.7 Å². The van der Waals surface area contributed by atoms with Gasteiger partial charge >= 0.3 is 5.97 Å². The van der Waals surface area contributed by atoms with Gasteiger partial charge in [-0.15, -0.1) is 0 Å². The van der Waals surface area contributed by atoms with E-state index >= 15 is 0 Å². The van der Waals surface area contributed by atoms with Gasteiger partial charge in [0, 0.05) is 12.5 Å². The molecule has 106 valence electrons. The van der Waals surface area contributed by atoms with Gasteiger partial charge in [-0.1, -0.05) is 0 Å². The largest absolute Gasteiger partial charge is 0.460 e. The molecule has 0 amide bonds. The third-order valence-corrected chi connectivity index (χ3v) is 4.05. The zero-order valence-electron chi connectivity index (χ0n) is 11.2. The molecule has 1 aromatic rings. The van der Waals surface area contributed by atoms with E-state index in [1.807, 2.05) is 13.0 Å². The van der Waals surface area contributed by atoms with E-state index in [0.29, 0.717) is 12.5 Å². The molecule has 1 heterocycles. The fourth-order valence-corrected chi connectivity index (χ4v) is 3.12. The average molecular weight is 331 g/mol. The smallest absolute Gasteiger partial charge is 0.302 e. The van der Waals surface area contributed by atoms with Crippen molar-refractivity contribution >= 4 is 21.9 Å². The molecule has 0 unspecified atom stereocenters. The molecule has 0 saturated heterocycles. The Morgan fingerprint density at radius 2 is 2.37 bits per heavy atom. The second kappa shape index (κ2) is 6.57. The SMILES string of the molecule is CC(=O)O[C@H](C)CO[C@H]1CC[C@H](c2ccoc2Br)C1. The van der Waals surface area contributed by atoms with Crippen LogP contribution in [0.25, 0.3) is 0 Å². The lowest BCUT2D eigenvalue weighted by Gasteiger charge is -2.16. The maximum atomic E-state index is 10.8. The standard InChI is InChI=1S/C14H19BrO4/c1-9(19-10(2)16)8-18-12-4-3-11(7-12)13-5-6-17-14(13)15/h5-6,9,11-12H,3-4,7-8H2,1-2H3/t9-,11+,12+/m1/s1. The molecule has 1 fully saturated rings. The summed E-state index contributed by atoms with van der Waals surface area (Å²) in [7, 11) is 0. The van der Waals surface area contributed by atoms with E-state index in [4.69, 9.17) is 13.9 Å². The maximum absolute atomic E-state index is 10.8.